The van der Waals surface area contributed by atoms with Crippen LogP contribution in [0.25, 0.3) is 0 Å². The highest BCUT2D eigenvalue weighted by Crippen LogP contribution is 2.32. The second kappa shape index (κ2) is 10.2. The van der Waals surface area contributed by atoms with Gasteiger partial charge in [-0.2, -0.15) is 0 Å². The van der Waals surface area contributed by atoms with Gasteiger partial charge in [-0.25, -0.2) is 0 Å². The van der Waals surface area contributed by atoms with E-state index in [1.807, 2.05) is 41.5 Å². The Labute approximate surface area is 151 Å². The van der Waals surface area contributed by atoms with Crippen LogP contribution in [0.1, 0.15) is 48.0 Å². The monoisotopic (exact) mass is 363 g/mol. The van der Waals surface area contributed by atoms with E-state index < -0.39 is 36.8 Å². The van der Waals surface area contributed by atoms with Crippen LogP contribution < -0.4 is 5.73 Å². The number of hydrogen-bond acceptors (Lipinski definition) is 7. The van der Waals surface area contributed by atoms with Crippen LogP contribution in [-0.4, -0.2) is 70.9 Å². The van der Waals surface area contributed by atoms with Gasteiger partial charge in [-0.15, -0.1) is 0 Å². The van der Waals surface area contributed by atoms with Gasteiger partial charge in [-0.05, 0) is 46.6 Å². The summed E-state index contributed by atoms with van der Waals surface area (Å²) in [5.74, 6) is -0.289. The molecule has 0 aromatic carbocycles. The number of rotatable bonds is 9. The minimum Gasteiger partial charge on any atom is -0.388 e. The van der Waals surface area contributed by atoms with Crippen LogP contribution in [0.3, 0.4) is 0 Å². The summed E-state index contributed by atoms with van der Waals surface area (Å²) in [6, 6.07) is 0. The maximum atomic E-state index is 10.6. The Morgan fingerprint density at radius 1 is 0.960 bits per heavy atom. The summed E-state index contributed by atoms with van der Waals surface area (Å²) in [7, 11) is 0. The Morgan fingerprint density at radius 3 is 2.00 bits per heavy atom. The molecule has 0 aromatic rings. The van der Waals surface area contributed by atoms with Crippen molar-refractivity contribution >= 4 is 0 Å². The van der Waals surface area contributed by atoms with Gasteiger partial charge in [0.2, 0.25) is 0 Å². The minimum atomic E-state index is -1.16. The van der Waals surface area contributed by atoms with E-state index in [4.69, 9.17) is 19.9 Å². The molecule has 7 nitrogen and oxygen atoms in total. The van der Waals surface area contributed by atoms with Gasteiger partial charge < -0.3 is 35.3 Å². The molecule has 7 unspecified atom stereocenters. The lowest BCUT2D eigenvalue weighted by Gasteiger charge is -2.44. The fourth-order valence-electron chi connectivity index (χ4n) is 3.10. The Kier molecular flexibility index (Phi) is 9.25. The third kappa shape index (κ3) is 6.43. The van der Waals surface area contributed by atoms with Gasteiger partial charge in [0.15, 0.2) is 6.29 Å². The highest BCUT2D eigenvalue weighted by Gasteiger charge is 2.46. The van der Waals surface area contributed by atoms with Crippen LogP contribution in [0.4, 0.5) is 0 Å². The van der Waals surface area contributed by atoms with Gasteiger partial charge >= 0.3 is 0 Å². The molecule has 150 valence electrons. The molecule has 1 rings (SSSR count). The van der Waals surface area contributed by atoms with Crippen molar-refractivity contribution in [3.8, 4) is 0 Å². The van der Waals surface area contributed by atoms with Crippen molar-refractivity contribution < 1.29 is 29.5 Å². The first-order chi connectivity index (χ1) is 11.6. The molecule has 7 heteroatoms. The van der Waals surface area contributed by atoms with Gasteiger partial charge in [0.25, 0.3) is 0 Å². The fourth-order valence-corrected chi connectivity index (χ4v) is 3.10. The number of hydrogen-bond donors (Lipinski definition) is 4. The molecule has 0 aliphatic heterocycles. The molecule has 0 heterocycles. The van der Waals surface area contributed by atoms with E-state index in [9.17, 15) is 15.3 Å². The van der Waals surface area contributed by atoms with Gasteiger partial charge in [0, 0.05) is 5.92 Å². The van der Waals surface area contributed by atoms with Crippen molar-refractivity contribution in [2.24, 2.45) is 17.6 Å². The summed E-state index contributed by atoms with van der Waals surface area (Å²) in [4.78, 5) is 0. The van der Waals surface area contributed by atoms with Crippen molar-refractivity contribution in [1.29, 1.82) is 0 Å². The lowest BCUT2D eigenvalue weighted by Crippen LogP contribution is -2.59. The van der Waals surface area contributed by atoms with E-state index in [1.165, 1.54) is 0 Å². The predicted molar refractivity (Wildman–Crippen MR) is 94.9 cm³/mol. The van der Waals surface area contributed by atoms with Crippen LogP contribution in [-0.2, 0) is 14.2 Å². The molecule has 1 aliphatic carbocycles. The maximum Gasteiger partial charge on any atom is 0.184 e. The highest BCUT2D eigenvalue weighted by molar-refractivity contribution is 4.95. The van der Waals surface area contributed by atoms with E-state index in [0.29, 0.717) is 6.42 Å². The first-order valence-electron chi connectivity index (χ1n) is 9.29. The Morgan fingerprint density at radius 2 is 1.56 bits per heavy atom. The zero-order valence-electron chi connectivity index (χ0n) is 16.3. The van der Waals surface area contributed by atoms with Crippen LogP contribution >= 0.6 is 0 Å². The number of ether oxygens (including phenoxy) is 3. The summed E-state index contributed by atoms with van der Waals surface area (Å²) in [6.45, 7) is 11.5. The van der Waals surface area contributed by atoms with Crippen molar-refractivity contribution in [2.75, 3.05) is 6.54 Å². The molecule has 1 saturated carbocycles. The summed E-state index contributed by atoms with van der Waals surface area (Å²) < 4.78 is 17.4. The van der Waals surface area contributed by atoms with Gasteiger partial charge in [-0.1, -0.05) is 13.8 Å². The molecule has 1 aliphatic rings. The van der Waals surface area contributed by atoms with Crippen molar-refractivity contribution in [3.05, 3.63) is 0 Å². The largest absolute Gasteiger partial charge is 0.388 e. The van der Waals surface area contributed by atoms with E-state index >= 15 is 0 Å². The average Bonchev–Trinajstić information content (AvgIpc) is 2.51. The molecule has 7 atom stereocenters. The first-order valence-corrected chi connectivity index (χ1v) is 9.29. The Bertz CT molecular complexity index is 377. The lowest BCUT2D eigenvalue weighted by molar-refractivity contribution is -0.281. The molecule has 0 amide bonds. The Balaban J connectivity index is 2.92. The Hall–Kier alpha value is -0.280. The molecule has 1 fully saturated rings. The van der Waals surface area contributed by atoms with Crippen LogP contribution in [0.2, 0.25) is 0 Å². The molecule has 0 aromatic heterocycles. The van der Waals surface area contributed by atoms with E-state index in [0.717, 1.165) is 0 Å². The molecule has 0 spiro atoms. The lowest BCUT2D eigenvalue weighted by atomic mass is 9.80. The maximum absolute atomic E-state index is 10.6. The van der Waals surface area contributed by atoms with Gasteiger partial charge in [-0.3, -0.25) is 0 Å². The molecular formula is C18H37NO6. The normalized spacial score (nSPS) is 33.2. The quantitative estimate of drug-likeness (QED) is 0.444. The third-order valence-electron chi connectivity index (χ3n) is 4.48. The van der Waals surface area contributed by atoms with Crippen LogP contribution in [0.15, 0.2) is 0 Å². The summed E-state index contributed by atoms with van der Waals surface area (Å²) >= 11 is 0. The zero-order chi connectivity index (χ0) is 19.3. The molecule has 0 saturated heterocycles. The standard InChI is InChI=1S/C18H37NO6/c1-9(2)14(20)18(24-11(5)6)25-17-12(8-19)7-13(23-10(3)4)15(21)16(17)22/h9-18,20-22H,7-8,19H2,1-6H3. The van der Waals surface area contributed by atoms with Gasteiger partial charge in [0.05, 0.1) is 24.4 Å². The van der Waals surface area contributed by atoms with Crippen molar-refractivity contribution in [3.63, 3.8) is 0 Å². The molecule has 0 bridgehead atoms. The van der Waals surface area contributed by atoms with E-state index in [-0.39, 0.29) is 30.6 Å². The summed E-state index contributed by atoms with van der Waals surface area (Å²) in [6.07, 6.45) is -4.97. The molecular weight excluding hydrogens is 326 g/mol. The zero-order valence-corrected chi connectivity index (χ0v) is 16.3. The second-order valence-corrected chi connectivity index (χ2v) is 7.82. The smallest absolute Gasteiger partial charge is 0.184 e. The number of aliphatic hydroxyl groups excluding tert-OH is 3. The van der Waals surface area contributed by atoms with E-state index in [1.54, 1.807) is 0 Å². The number of aliphatic hydroxyl groups is 3. The van der Waals surface area contributed by atoms with E-state index in [2.05, 4.69) is 0 Å². The molecule has 0 radical (unpaired) electrons. The average molecular weight is 363 g/mol. The fraction of sp³-hybridized carbons (Fsp3) is 1.00. The van der Waals surface area contributed by atoms with Crippen molar-refractivity contribution in [1.82, 2.24) is 0 Å². The topological polar surface area (TPSA) is 114 Å². The summed E-state index contributed by atoms with van der Waals surface area (Å²) in [5, 5.41) is 31.4. The van der Waals surface area contributed by atoms with Crippen LogP contribution in [0, 0.1) is 11.8 Å². The SMILES string of the molecule is CC(C)OC1CC(CN)C(OC(OC(C)C)C(O)C(C)C)C(O)C1O. The second-order valence-electron chi connectivity index (χ2n) is 7.82. The highest BCUT2D eigenvalue weighted by atomic mass is 16.7. The molecule has 25 heavy (non-hydrogen) atoms. The number of nitrogens with two attached hydrogens (primary N) is 1. The summed E-state index contributed by atoms with van der Waals surface area (Å²) in [5.41, 5.74) is 5.88. The predicted octanol–water partition coefficient (Wildman–Crippen LogP) is 0.634. The first kappa shape index (κ1) is 22.8. The molecule has 5 N–H and O–H groups in total. The van der Waals surface area contributed by atoms with Crippen molar-refractivity contribution in [2.45, 2.75) is 97.0 Å². The van der Waals surface area contributed by atoms with Crippen LogP contribution in [0.5, 0.6) is 0 Å². The third-order valence-corrected chi connectivity index (χ3v) is 4.48. The van der Waals surface area contributed by atoms with Gasteiger partial charge in [0.1, 0.15) is 18.3 Å². The minimum absolute atomic E-state index is 0.0671.